The van der Waals surface area contributed by atoms with Crippen LogP contribution in [-0.4, -0.2) is 11.9 Å². The van der Waals surface area contributed by atoms with E-state index in [-0.39, 0.29) is 11.6 Å². The van der Waals surface area contributed by atoms with Crippen LogP contribution in [0.2, 0.25) is 0 Å². The van der Waals surface area contributed by atoms with Crippen LogP contribution < -0.4 is 11.1 Å². The molecule has 0 aromatic heterocycles. The zero-order chi connectivity index (χ0) is 13.0. The summed E-state index contributed by atoms with van der Waals surface area (Å²) >= 11 is 0. The Balaban J connectivity index is 2.74. The molecule has 17 heavy (non-hydrogen) atoms. The van der Waals surface area contributed by atoms with Crippen LogP contribution in [0.3, 0.4) is 0 Å². The number of halogens is 2. The number of hydrogen-bond acceptors (Lipinski definition) is 2. The molecule has 3 N–H and O–H groups in total. The predicted molar refractivity (Wildman–Crippen MR) is 62.4 cm³/mol. The third-order valence-electron chi connectivity index (χ3n) is 2.69. The van der Waals surface area contributed by atoms with Crippen LogP contribution >= 0.6 is 0 Å². The molecule has 0 aliphatic heterocycles. The Morgan fingerprint density at radius 1 is 1.35 bits per heavy atom. The lowest BCUT2D eigenvalue weighted by molar-refractivity contribution is -0.118. The first-order valence-corrected chi connectivity index (χ1v) is 5.46. The molecule has 0 aliphatic carbocycles. The van der Waals surface area contributed by atoms with Crippen molar-refractivity contribution in [1.29, 1.82) is 0 Å². The highest BCUT2D eigenvalue weighted by molar-refractivity contribution is 5.94. The van der Waals surface area contributed by atoms with Gasteiger partial charge < -0.3 is 11.1 Å². The minimum Gasteiger partial charge on any atom is -0.325 e. The van der Waals surface area contributed by atoms with Crippen molar-refractivity contribution >= 4 is 11.6 Å². The molecule has 0 saturated carbocycles. The summed E-state index contributed by atoms with van der Waals surface area (Å²) in [5.74, 6) is -1.91. The quantitative estimate of drug-likeness (QED) is 0.851. The molecule has 0 radical (unpaired) electrons. The first kappa shape index (κ1) is 13.6. The maximum Gasteiger partial charge on any atom is 0.241 e. The van der Waals surface area contributed by atoms with Gasteiger partial charge in [0.15, 0.2) is 0 Å². The van der Waals surface area contributed by atoms with E-state index in [9.17, 15) is 13.6 Å². The Kier molecular flexibility index (Phi) is 4.57. The topological polar surface area (TPSA) is 55.1 Å². The van der Waals surface area contributed by atoms with Gasteiger partial charge in [-0.15, -0.1) is 0 Å². The molecular formula is C12H16F2N2O. The molecule has 0 aliphatic rings. The van der Waals surface area contributed by atoms with Crippen molar-refractivity contribution in [2.24, 2.45) is 11.7 Å². The summed E-state index contributed by atoms with van der Waals surface area (Å²) in [6, 6.07) is 2.14. The second-order valence-electron chi connectivity index (χ2n) is 4.06. The summed E-state index contributed by atoms with van der Waals surface area (Å²) in [5.41, 5.74) is 5.77. The lowest BCUT2D eigenvalue weighted by Crippen LogP contribution is -2.40. The van der Waals surface area contributed by atoms with Crippen LogP contribution in [0, 0.1) is 17.6 Å². The van der Waals surface area contributed by atoms with Crippen molar-refractivity contribution in [1.82, 2.24) is 0 Å². The van der Waals surface area contributed by atoms with E-state index in [0.29, 0.717) is 0 Å². The molecule has 1 aromatic rings. The van der Waals surface area contributed by atoms with Gasteiger partial charge in [-0.25, -0.2) is 8.78 Å². The van der Waals surface area contributed by atoms with Gasteiger partial charge in [0.05, 0.1) is 6.04 Å². The van der Waals surface area contributed by atoms with Gasteiger partial charge in [-0.2, -0.15) is 0 Å². The third-order valence-corrected chi connectivity index (χ3v) is 2.69. The molecule has 0 bridgehead atoms. The number of anilines is 1. The Morgan fingerprint density at radius 3 is 2.35 bits per heavy atom. The first-order valence-electron chi connectivity index (χ1n) is 5.46. The van der Waals surface area contributed by atoms with Crippen LogP contribution in [0.1, 0.15) is 20.3 Å². The third kappa shape index (κ3) is 3.78. The number of amides is 1. The molecule has 0 fully saturated rings. The number of carbonyl (C=O) groups excluding carboxylic acids is 1. The number of benzene rings is 1. The average molecular weight is 242 g/mol. The molecule has 0 heterocycles. The van der Waals surface area contributed by atoms with Crippen LogP contribution in [0.25, 0.3) is 0 Å². The summed E-state index contributed by atoms with van der Waals surface area (Å²) in [7, 11) is 0. The van der Waals surface area contributed by atoms with Crippen molar-refractivity contribution < 1.29 is 13.6 Å². The molecule has 1 rings (SSSR count). The van der Waals surface area contributed by atoms with E-state index in [4.69, 9.17) is 5.73 Å². The zero-order valence-electron chi connectivity index (χ0n) is 9.84. The monoisotopic (exact) mass is 242 g/mol. The van der Waals surface area contributed by atoms with Crippen LogP contribution in [0.4, 0.5) is 14.5 Å². The van der Waals surface area contributed by atoms with Crippen molar-refractivity contribution in [2.75, 3.05) is 5.32 Å². The van der Waals surface area contributed by atoms with Gasteiger partial charge in [0.2, 0.25) is 5.91 Å². The molecular weight excluding hydrogens is 226 g/mol. The SMILES string of the molecule is CC[C@H](C)[C@H](N)C(=O)Nc1cc(F)cc(F)c1. The number of rotatable bonds is 4. The summed E-state index contributed by atoms with van der Waals surface area (Å²) in [4.78, 5) is 11.7. The second-order valence-corrected chi connectivity index (χ2v) is 4.06. The van der Waals surface area contributed by atoms with E-state index in [1.54, 1.807) is 0 Å². The smallest absolute Gasteiger partial charge is 0.241 e. The van der Waals surface area contributed by atoms with Gasteiger partial charge in [-0.1, -0.05) is 20.3 Å². The number of carbonyl (C=O) groups is 1. The van der Waals surface area contributed by atoms with Crippen molar-refractivity contribution in [3.63, 3.8) is 0 Å². The van der Waals surface area contributed by atoms with Crippen LogP contribution in [0.15, 0.2) is 18.2 Å². The highest BCUT2D eigenvalue weighted by atomic mass is 19.1. The number of nitrogens with one attached hydrogen (secondary N) is 1. The zero-order valence-corrected chi connectivity index (χ0v) is 9.84. The lowest BCUT2D eigenvalue weighted by atomic mass is 9.99. The van der Waals surface area contributed by atoms with E-state index in [1.807, 2.05) is 13.8 Å². The maximum absolute atomic E-state index is 12.9. The summed E-state index contributed by atoms with van der Waals surface area (Å²) in [5, 5.41) is 2.39. The Morgan fingerprint density at radius 2 is 1.88 bits per heavy atom. The van der Waals surface area contributed by atoms with Crippen molar-refractivity contribution in [3.05, 3.63) is 29.8 Å². The molecule has 1 aromatic carbocycles. The summed E-state index contributed by atoms with van der Waals surface area (Å²) in [6.07, 6.45) is 0.756. The maximum atomic E-state index is 12.9. The normalized spacial score (nSPS) is 14.2. The molecule has 94 valence electrons. The van der Waals surface area contributed by atoms with Gasteiger partial charge in [-0.05, 0) is 18.1 Å². The second kappa shape index (κ2) is 5.72. The molecule has 0 spiro atoms. The van der Waals surface area contributed by atoms with E-state index < -0.39 is 23.6 Å². The minimum absolute atomic E-state index is 0.00778. The van der Waals surface area contributed by atoms with E-state index in [1.165, 1.54) is 0 Å². The predicted octanol–water partition coefficient (Wildman–Crippen LogP) is 2.28. The van der Waals surface area contributed by atoms with Crippen LogP contribution in [-0.2, 0) is 4.79 Å². The van der Waals surface area contributed by atoms with Gasteiger partial charge >= 0.3 is 0 Å². The lowest BCUT2D eigenvalue weighted by Gasteiger charge is -2.17. The van der Waals surface area contributed by atoms with Gasteiger partial charge in [0.1, 0.15) is 11.6 Å². The molecule has 3 nitrogen and oxygen atoms in total. The van der Waals surface area contributed by atoms with E-state index >= 15 is 0 Å². The van der Waals surface area contributed by atoms with Gasteiger partial charge in [0.25, 0.3) is 0 Å². The number of nitrogens with two attached hydrogens (primary N) is 1. The fourth-order valence-electron chi connectivity index (χ4n) is 1.36. The highest BCUT2D eigenvalue weighted by Gasteiger charge is 2.19. The largest absolute Gasteiger partial charge is 0.325 e. The fraction of sp³-hybridized carbons (Fsp3) is 0.417. The Labute approximate surface area is 99.0 Å². The Bertz CT molecular complexity index is 389. The standard InChI is InChI=1S/C12H16F2N2O/c1-3-7(2)11(15)12(17)16-10-5-8(13)4-9(14)6-10/h4-7,11H,3,15H2,1-2H3,(H,16,17)/t7-,11-/m0/s1. The van der Waals surface area contributed by atoms with Gasteiger partial charge in [0, 0.05) is 11.8 Å². The van der Waals surface area contributed by atoms with Crippen molar-refractivity contribution in [2.45, 2.75) is 26.3 Å². The van der Waals surface area contributed by atoms with E-state index in [2.05, 4.69) is 5.32 Å². The summed E-state index contributed by atoms with van der Waals surface area (Å²) in [6.45, 7) is 3.76. The van der Waals surface area contributed by atoms with Gasteiger partial charge in [-0.3, -0.25) is 4.79 Å². The summed E-state index contributed by atoms with van der Waals surface area (Å²) < 4.78 is 25.8. The molecule has 0 saturated heterocycles. The molecule has 2 atom stereocenters. The first-order chi connectivity index (χ1) is 7.93. The molecule has 1 amide bonds. The molecule has 0 unspecified atom stereocenters. The highest BCUT2D eigenvalue weighted by Crippen LogP contribution is 2.14. The number of hydrogen-bond donors (Lipinski definition) is 2. The Hall–Kier alpha value is -1.49. The van der Waals surface area contributed by atoms with E-state index in [0.717, 1.165) is 24.6 Å². The van der Waals surface area contributed by atoms with Crippen LogP contribution in [0.5, 0.6) is 0 Å². The minimum atomic E-state index is -0.739. The average Bonchev–Trinajstić information content (AvgIpc) is 2.25. The fourth-order valence-corrected chi connectivity index (χ4v) is 1.36. The van der Waals surface area contributed by atoms with Crippen molar-refractivity contribution in [3.8, 4) is 0 Å². The molecule has 5 heteroatoms.